The maximum Gasteiger partial charge on any atom is 0.331 e. The second-order valence-corrected chi connectivity index (χ2v) is 5.39. The third kappa shape index (κ3) is 2.81. The summed E-state index contributed by atoms with van der Waals surface area (Å²) in [6.45, 7) is 1.52. The Morgan fingerprint density at radius 3 is 2.21 bits per heavy atom. The second-order valence-electron chi connectivity index (χ2n) is 5.39. The van der Waals surface area contributed by atoms with Gasteiger partial charge in [0.25, 0.3) is 5.69 Å². The van der Waals surface area contributed by atoms with E-state index in [1.807, 2.05) is 0 Å². The Hall–Kier alpha value is -3.29. The summed E-state index contributed by atoms with van der Waals surface area (Å²) in [5, 5.41) is 29.4. The van der Waals surface area contributed by atoms with Crippen molar-refractivity contribution >= 4 is 23.4 Å². The number of non-ortho nitro benzene ring substituents is 1. The van der Waals surface area contributed by atoms with Gasteiger partial charge in [0.1, 0.15) is 0 Å². The van der Waals surface area contributed by atoms with Gasteiger partial charge < -0.3 is 10.2 Å². The van der Waals surface area contributed by atoms with Gasteiger partial charge in [-0.25, -0.2) is 4.79 Å². The minimum atomic E-state index is -2.05. The standard InChI is InChI=1S/C16H13NO7/c1-9-6-7-16(15(21)22,8-12(9)14(19)20)13(18)10-2-4-11(5-3-10)17(23)24/h2-7H,8H2,1H3,(H,19,20)(H,21,22). The normalized spacial score (nSPS) is 19.9. The monoisotopic (exact) mass is 331 g/mol. The molecule has 1 aromatic carbocycles. The maximum atomic E-state index is 12.7. The molecule has 8 nitrogen and oxygen atoms in total. The molecule has 0 heterocycles. The van der Waals surface area contributed by atoms with Crippen molar-refractivity contribution in [1.82, 2.24) is 0 Å². The Morgan fingerprint density at radius 2 is 1.75 bits per heavy atom. The molecule has 1 aromatic rings. The summed E-state index contributed by atoms with van der Waals surface area (Å²) in [5.74, 6) is -3.60. The number of nitrogens with zero attached hydrogens (tertiary/aromatic N) is 1. The van der Waals surface area contributed by atoms with E-state index in [0.29, 0.717) is 5.57 Å². The minimum absolute atomic E-state index is 0.0445. The average Bonchev–Trinajstić information content (AvgIpc) is 2.54. The molecule has 0 saturated carbocycles. The largest absolute Gasteiger partial charge is 0.480 e. The van der Waals surface area contributed by atoms with Crippen LogP contribution in [0.3, 0.4) is 0 Å². The van der Waals surface area contributed by atoms with Crippen molar-refractivity contribution in [3.8, 4) is 0 Å². The highest BCUT2D eigenvalue weighted by Crippen LogP contribution is 2.38. The van der Waals surface area contributed by atoms with E-state index >= 15 is 0 Å². The minimum Gasteiger partial charge on any atom is -0.480 e. The molecule has 0 spiro atoms. The highest BCUT2D eigenvalue weighted by Gasteiger charge is 2.47. The number of nitro groups is 1. The third-order valence-electron chi connectivity index (χ3n) is 3.93. The summed E-state index contributed by atoms with van der Waals surface area (Å²) in [4.78, 5) is 45.7. The van der Waals surface area contributed by atoms with Crippen LogP contribution in [0.25, 0.3) is 0 Å². The van der Waals surface area contributed by atoms with Gasteiger partial charge in [0.05, 0.1) is 4.92 Å². The van der Waals surface area contributed by atoms with Gasteiger partial charge in [0.15, 0.2) is 11.2 Å². The number of nitro benzene ring substituents is 1. The van der Waals surface area contributed by atoms with Gasteiger partial charge in [0, 0.05) is 29.7 Å². The zero-order valence-corrected chi connectivity index (χ0v) is 12.6. The summed E-state index contributed by atoms with van der Waals surface area (Å²) in [7, 11) is 0. The van der Waals surface area contributed by atoms with E-state index in [0.717, 1.165) is 24.3 Å². The lowest BCUT2D eigenvalue weighted by molar-refractivity contribution is -0.384. The first-order valence-corrected chi connectivity index (χ1v) is 6.84. The smallest absolute Gasteiger partial charge is 0.331 e. The van der Waals surface area contributed by atoms with Crippen LogP contribution in [-0.2, 0) is 9.59 Å². The van der Waals surface area contributed by atoms with Gasteiger partial charge in [-0.15, -0.1) is 0 Å². The summed E-state index contributed by atoms with van der Waals surface area (Å²) in [5.41, 5.74) is -2.12. The lowest BCUT2D eigenvalue weighted by Crippen LogP contribution is -2.40. The highest BCUT2D eigenvalue weighted by molar-refractivity contribution is 6.15. The number of aliphatic carboxylic acids is 2. The summed E-state index contributed by atoms with van der Waals surface area (Å²) in [6, 6.07) is 4.50. The van der Waals surface area contributed by atoms with Crippen molar-refractivity contribution in [3.05, 3.63) is 63.2 Å². The average molecular weight is 331 g/mol. The third-order valence-corrected chi connectivity index (χ3v) is 3.93. The van der Waals surface area contributed by atoms with Gasteiger partial charge in [-0.3, -0.25) is 19.7 Å². The van der Waals surface area contributed by atoms with Crippen LogP contribution in [0.5, 0.6) is 0 Å². The fourth-order valence-electron chi connectivity index (χ4n) is 2.48. The first-order valence-electron chi connectivity index (χ1n) is 6.84. The first kappa shape index (κ1) is 17.1. The van der Waals surface area contributed by atoms with Crippen LogP contribution in [0, 0.1) is 15.5 Å². The van der Waals surface area contributed by atoms with Crippen molar-refractivity contribution in [2.45, 2.75) is 13.3 Å². The van der Waals surface area contributed by atoms with E-state index in [9.17, 15) is 34.7 Å². The Labute approximate surface area is 135 Å². The predicted molar refractivity (Wildman–Crippen MR) is 81.6 cm³/mol. The lowest BCUT2D eigenvalue weighted by Gasteiger charge is -2.28. The van der Waals surface area contributed by atoms with Crippen molar-refractivity contribution in [2.75, 3.05) is 0 Å². The zero-order valence-electron chi connectivity index (χ0n) is 12.6. The summed E-state index contributed by atoms with van der Waals surface area (Å²) < 4.78 is 0. The number of carboxylic acid groups (broad SMARTS) is 2. The van der Waals surface area contributed by atoms with Gasteiger partial charge >= 0.3 is 11.9 Å². The number of rotatable bonds is 5. The van der Waals surface area contributed by atoms with Crippen LogP contribution in [-0.4, -0.2) is 32.9 Å². The Bertz CT molecular complexity index is 804. The van der Waals surface area contributed by atoms with Crippen LogP contribution in [0.15, 0.2) is 47.6 Å². The molecule has 1 aliphatic carbocycles. The number of Topliss-reactive ketones (excluding diaryl/α,β-unsaturated/α-hetero) is 1. The van der Waals surface area contributed by atoms with Gasteiger partial charge in [-0.2, -0.15) is 0 Å². The molecule has 0 amide bonds. The van der Waals surface area contributed by atoms with Crippen molar-refractivity contribution in [3.63, 3.8) is 0 Å². The molecule has 0 fully saturated rings. The predicted octanol–water partition coefficient (Wildman–Crippen LogP) is 2.21. The lowest BCUT2D eigenvalue weighted by atomic mass is 9.71. The number of carbonyl (C=O) groups is 3. The molecule has 124 valence electrons. The van der Waals surface area contributed by atoms with E-state index in [-0.39, 0.29) is 16.8 Å². The molecule has 8 heteroatoms. The van der Waals surface area contributed by atoms with E-state index in [1.54, 1.807) is 0 Å². The van der Waals surface area contributed by atoms with E-state index in [1.165, 1.54) is 19.1 Å². The Morgan fingerprint density at radius 1 is 1.17 bits per heavy atom. The van der Waals surface area contributed by atoms with Crippen LogP contribution in [0.4, 0.5) is 5.69 Å². The first-order chi connectivity index (χ1) is 11.2. The molecule has 24 heavy (non-hydrogen) atoms. The molecule has 1 aliphatic rings. The van der Waals surface area contributed by atoms with Gasteiger partial charge in [-0.05, 0) is 24.6 Å². The van der Waals surface area contributed by atoms with Crippen LogP contribution >= 0.6 is 0 Å². The van der Waals surface area contributed by atoms with Crippen molar-refractivity contribution < 1.29 is 29.5 Å². The quantitative estimate of drug-likeness (QED) is 0.365. The SMILES string of the molecule is CC1=C(C(=O)O)CC(C(=O)O)(C(=O)c2ccc([N+](=O)[O-])cc2)C=C1. The molecule has 0 aliphatic heterocycles. The molecule has 0 saturated heterocycles. The van der Waals surface area contributed by atoms with Crippen LogP contribution in [0.2, 0.25) is 0 Å². The van der Waals surface area contributed by atoms with Gasteiger partial charge in [0.2, 0.25) is 0 Å². The van der Waals surface area contributed by atoms with E-state index in [2.05, 4.69) is 0 Å². The number of carbonyl (C=O) groups excluding carboxylic acids is 1. The molecule has 1 atom stereocenters. The molecule has 2 N–H and O–H groups in total. The molecule has 0 aromatic heterocycles. The van der Waals surface area contributed by atoms with Crippen molar-refractivity contribution in [1.29, 1.82) is 0 Å². The maximum absolute atomic E-state index is 12.7. The fraction of sp³-hybridized carbons (Fsp3) is 0.188. The number of ketones is 1. The van der Waals surface area contributed by atoms with E-state index < -0.39 is 34.5 Å². The molecule has 2 rings (SSSR count). The van der Waals surface area contributed by atoms with E-state index in [4.69, 9.17) is 0 Å². The highest BCUT2D eigenvalue weighted by atomic mass is 16.6. The van der Waals surface area contributed by atoms with Crippen LogP contribution < -0.4 is 0 Å². The molecule has 0 bridgehead atoms. The zero-order chi connectivity index (χ0) is 18.1. The van der Waals surface area contributed by atoms with Crippen molar-refractivity contribution in [2.24, 2.45) is 5.41 Å². The van der Waals surface area contributed by atoms with Gasteiger partial charge in [-0.1, -0.05) is 12.2 Å². The number of hydrogen-bond donors (Lipinski definition) is 2. The number of carboxylic acids is 2. The summed E-state index contributed by atoms with van der Waals surface area (Å²) >= 11 is 0. The number of hydrogen-bond acceptors (Lipinski definition) is 5. The topological polar surface area (TPSA) is 135 Å². The molecule has 1 unspecified atom stereocenters. The molecular weight excluding hydrogens is 318 g/mol. The summed E-state index contributed by atoms with van der Waals surface area (Å²) in [6.07, 6.45) is 1.97. The molecular formula is C16H13NO7. The van der Waals surface area contributed by atoms with Crippen LogP contribution in [0.1, 0.15) is 23.7 Å². The fourth-order valence-corrected chi connectivity index (χ4v) is 2.48. The number of benzene rings is 1. The Kier molecular flexibility index (Phi) is 4.32. The second kappa shape index (κ2) is 6.07. The molecule has 0 radical (unpaired) electrons. The Balaban J connectivity index is 2.47. The number of allylic oxidation sites excluding steroid dienone is 2.